The van der Waals surface area contributed by atoms with Gasteiger partial charge >= 0.3 is 0 Å². The van der Waals surface area contributed by atoms with Gasteiger partial charge in [0, 0.05) is 32.0 Å². The Labute approximate surface area is 147 Å². The van der Waals surface area contributed by atoms with Crippen LogP contribution in [0.25, 0.3) is 0 Å². The minimum atomic E-state index is -3.11. The molecule has 1 fully saturated rings. The summed E-state index contributed by atoms with van der Waals surface area (Å²) < 4.78 is 35.4. The Hall–Kier alpha value is -1.71. The summed E-state index contributed by atoms with van der Waals surface area (Å²) in [6, 6.07) is 3.90. The van der Waals surface area contributed by atoms with Crippen molar-refractivity contribution in [1.82, 2.24) is 19.8 Å². The molecule has 1 N–H and O–H groups in total. The summed E-state index contributed by atoms with van der Waals surface area (Å²) >= 11 is 0. The number of rotatable bonds is 7. The SMILES string of the molecule is Cc1ccc(CNCCc2nc(C3CCN(S(C)(=O)=O)CC3)no2)o1. The zero-order chi connectivity index (χ0) is 17.9. The molecule has 0 radical (unpaired) electrons. The van der Waals surface area contributed by atoms with Crippen molar-refractivity contribution in [2.45, 2.75) is 38.6 Å². The van der Waals surface area contributed by atoms with Crippen molar-refractivity contribution >= 4 is 10.0 Å². The summed E-state index contributed by atoms with van der Waals surface area (Å²) in [5.74, 6) is 3.25. The van der Waals surface area contributed by atoms with Crippen LogP contribution in [0.4, 0.5) is 0 Å². The first-order valence-electron chi connectivity index (χ1n) is 8.45. The molecule has 0 aliphatic carbocycles. The van der Waals surface area contributed by atoms with E-state index in [1.54, 1.807) is 0 Å². The molecule has 0 atom stereocenters. The van der Waals surface area contributed by atoms with Crippen molar-refractivity contribution in [3.8, 4) is 0 Å². The molecular formula is C16H24N4O4S. The molecule has 2 aromatic heterocycles. The van der Waals surface area contributed by atoms with Crippen molar-refractivity contribution < 1.29 is 17.4 Å². The van der Waals surface area contributed by atoms with Gasteiger partial charge in [-0.2, -0.15) is 4.98 Å². The summed E-state index contributed by atoms with van der Waals surface area (Å²) in [6.45, 7) is 4.32. The Kier molecular flexibility index (Phi) is 5.55. The molecule has 25 heavy (non-hydrogen) atoms. The van der Waals surface area contributed by atoms with E-state index in [-0.39, 0.29) is 5.92 Å². The largest absolute Gasteiger partial charge is 0.465 e. The van der Waals surface area contributed by atoms with Crippen molar-refractivity contribution in [3.05, 3.63) is 35.4 Å². The predicted octanol–water partition coefficient (Wildman–Crippen LogP) is 1.44. The lowest BCUT2D eigenvalue weighted by atomic mass is 9.97. The van der Waals surface area contributed by atoms with E-state index in [0.29, 0.717) is 44.3 Å². The third-order valence-corrected chi connectivity index (χ3v) is 5.69. The molecule has 0 aromatic carbocycles. The standard InChI is InChI=1S/C16H24N4O4S/c1-12-3-4-14(23-12)11-17-8-5-15-18-16(19-24-15)13-6-9-20(10-7-13)25(2,21)22/h3-4,13,17H,5-11H2,1-2H3. The minimum absolute atomic E-state index is 0.162. The van der Waals surface area contributed by atoms with Gasteiger partial charge in [0.15, 0.2) is 5.82 Å². The lowest BCUT2D eigenvalue weighted by Gasteiger charge is -2.28. The fourth-order valence-electron chi connectivity index (χ4n) is 2.97. The van der Waals surface area contributed by atoms with Crippen LogP contribution in [0.2, 0.25) is 0 Å². The Morgan fingerprint density at radius 1 is 1.32 bits per heavy atom. The molecule has 1 aliphatic rings. The van der Waals surface area contributed by atoms with Gasteiger partial charge in [-0.05, 0) is 31.9 Å². The van der Waals surface area contributed by atoms with Crippen LogP contribution in [0.3, 0.4) is 0 Å². The number of nitrogens with zero attached hydrogens (tertiary/aromatic N) is 3. The number of aromatic nitrogens is 2. The van der Waals surface area contributed by atoms with Gasteiger partial charge < -0.3 is 14.3 Å². The second-order valence-electron chi connectivity index (χ2n) is 6.42. The molecule has 0 amide bonds. The number of furan rings is 1. The molecular weight excluding hydrogens is 344 g/mol. The number of nitrogens with one attached hydrogen (secondary N) is 1. The smallest absolute Gasteiger partial charge is 0.227 e. The summed E-state index contributed by atoms with van der Waals surface area (Å²) in [5, 5.41) is 7.35. The van der Waals surface area contributed by atoms with E-state index >= 15 is 0 Å². The summed E-state index contributed by atoms with van der Waals surface area (Å²) in [4.78, 5) is 4.46. The average Bonchev–Trinajstić information content (AvgIpc) is 3.20. The second kappa shape index (κ2) is 7.67. The van der Waals surface area contributed by atoms with E-state index in [1.165, 1.54) is 10.6 Å². The molecule has 3 rings (SSSR count). The highest BCUT2D eigenvalue weighted by Crippen LogP contribution is 2.26. The van der Waals surface area contributed by atoms with Crippen LogP contribution < -0.4 is 5.32 Å². The van der Waals surface area contributed by atoms with Gasteiger partial charge in [-0.15, -0.1) is 0 Å². The maximum absolute atomic E-state index is 11.5. The number of aryl methyl sites for hydroxylation is 1. The molecule has 8 nitrogen and oxygen atoms in total. The van der Waals surface area contributed by atoms with Gasteiger partial charge in [-0.25, -0.2) is 12.7 Å². The van der Waals surface area contributed by atoms with Gasteiger partial charge in [-0.3, -0.25) is 0 Å². The number of hydrogen-bond donors (Lipinski definition) is 1. The fraction of sp³-hybridized carbons (Fsp3) is 0.625. The molecule has 0 unspecified atom stereocenters. The zero-order valence-electron chi connectivity index (χ0n) is 14.6. The third-order valence-electron chi connectivity index (χ3n) is 4.38. The van der Waals surface area contributed by atoms with Crippen LogP contribution in [0.1, 0.15) is 42.0 Å². The molecule has 0 saturated carbocycles. The zero-order valence-corrected chi connectivity index (χ0v) is 15.4. The molecule has 9 heteroatoms. The molecule has 0 bridgehead atoms. The van der Waals surface area contributed by atoms with Crippen molar-refractivity contribution in [2.75, 3.05) is 25.9 Å². The van der Waals surface area contributed by atoms with Crippen LogP contribution in [0.5, 0.6) is 0 Å². The van der Waals surface area contributed by atoms with E-state index in [9.17, 15) is 8.42 Å². The number of sulfonamides is 1. The van der Waals surface area contributed by atoms with Crippen molar-refractivity contribution in [2.24, 2.45) is 0 Å². The monoisotopic (exact) mass is 368 g/mol. The van der Waals surface area contributed by atoms with Gasteiger partial charge in [0.05, 0.1) is 12.8 Å². The Bertz CT molecular complexity index is 791. The van der Waals surface area contributed by atoms with E-state index in [4.69, 9.17) is 8.94 Å². The molecule has 3 heterocycles. The highest BCUT2D eigenvalue weighted by molar-refractivity contribution is 7.88. The normalized spacial score (nSPS) is 17.2. The van der Waals surface area contributed by atoms with Crippen LogP contribution in [-0.4, -0.2) is 48.8 Å². The van der Waals surface area contributed by atoms with E-state index < -0.39 is 10.0 Å². The maximum atomic E-state index is 11.5. The van der Waals surface area contributed by atoms with Crippen LogP contribution in [0.15, 0.2) is 21.1 Å². The molecule has 138 valence electrons. The first-order chi connectivity index (χ1) is 11.9. The molecule has 1 saturated heterocycles. The van der Waals surface area contributed by atoms with Gasteiger partial charge in [-0.1, -0.05) is 5.16 Å². The van der Waals surface area contributed by atoms with E-state index in [0.717, 1.165) is 24.4 Å². The summed E-state index contributed by atoms with van der Waals surface area (Å²) in [5.41, 5.74) is 0. The van der Waals surface area contributed by atoms with Gasteiger partial charge in [0.2, 0.25) is 15.9 Å². The second-order valence-corrected chi connectivity index (χ2v) is 8.40. The van der Waals surface area contributed by atoms with Gasteiger partial charge in [0.25, 0.3) is 0 Å². The molecule has 2 aromatic rings. The highest BCUT2D eigenvalue weighted by atomic mass is 32.2. The quantitative estimate of drug-likeness (QED) is 0.738. The number of piperidine rings is 1. The van der Waals surface area contributed by atoms with Gasteiger partial charge in [0.1, 0.15) is 11.5 Å². The lowest BCUT2D eigenvalue weighted by Crippen LogP contribution is -2.37. The fourth-order valence-corrected chi connectivity index (χ4v) is 3.84. The van der Waals surface area contributed by atoms with Crippen molar-refractivity contribution in [1.29, 1.82) is 0 Å². The highest BCUT2D eigenvalue weighted by Gasteiger charge is 2.28. The maximum Gasteiger partial charge on any atom is 0.227 e. The van der Waals surface area contributed by atoms with Crippen molar-refractivity contribution in [3.63, 3.8) is 0 Å². The van der Waals surface area contributed by atoms with Crippen LogP contribution in [-0.2, 0) is 23.0 Å². The topological polar surface area (TPSA) is 101 Å². The van der Waals surface area contributed by atoms with E-state index in [2.05, 4.69) is 15.5 Å². The lowest BCUT2D eigenvalue weighted by molar-refractivity contribution is 0.306. The molecule has 1 aliphatic heterocycles. The Balaban J connectivity index is 1.43. The van der Waals surface area contributed by atoms with Crippen LogP contribution in [0, 0.1) is 6.92 Å². The molecule has 0 spiro atoms. The van der Waals surface area contributed by atoms with Crippen LogP contribution >= 0.6 is 0 Å². The first kappa shape index (κ1) is 18.1. The number of hydrogen-bond acceptors (Lipinski definition) is 7. The Morgan fingerprint density at radius 2 is 2.08 bits per heavy atom. The summed E-state index contributed by atoms with van der Waals surface area (Å²) in [7, 11) is -3.11. The van der Waals surface area contributed by atoms with E-state index in [1.807, 2.05) is 19.1 Å². The minimum Gasteiger partial charge on any atom is -0.465 e. The third kappa shape index (κ3) is 4.90. The Morgan fingerprint density at radius 3 is 2.72 bits per heavy atom. The summed E-state index contributed by atoms with van der Waals surface area (Å²) in [6.07, 6.45) is 3.34. The first-order valence-corrected chi connectivity index (χ1v) is 10.3. The predicted molar refractivity (Wildman–Crippen MR) is 91.5 cm³/mol. The average molecular weight is 368 g/mol.